The molecule has 82 valence electrons. The van der Waals surface area contributed by atoms with Gasteiger partial charge in [-0.25, -0.2) is 0 Å². The Labute approximate surface area is 95.7 Å². The van der Waals surface area contributed by atoms with E-state index in [1.807, 2.05) is 0 Å². The van der Waals surface area contributed by atoms with Crippen molar-refractivity contribution in [1.82, 2.24) is 0 Å². The molecule has 0 amide bonds. The van der Waals surface area contributed by atoms with E-state index < -0.39 is 0 Å². The van der Waals surface area contributed by atoms with Crippen LogP contribution in [0, 0.1) is 16.2 Å². The summed E-state index contributed by atoms with van der Waals surface area (Å²) in [4.78, 5) is 0. The number of fused-ring (bicyclic) bond motifs is 2. The maximum atomic E-state index is 5.77. The van der Waals surface area contributed by atoms with Gasteiger partial charge in [-0.2, -0.15) is 0 Å². The lowest BCUT2D eigenvalue weighted by atomic mass is 9.54. The molecule has 1 aliphatic carbocycles. The fourth-order valence-corrected chi connectivity index (χ4v) is 4.52. The molecule has 1 heterocycles. The van der Waals surface area contributed by atoms with Crippen molar-refractivity contribution in [2.45, 2.75) is 40.0 Å². The normalized spacial score (nSPS) is 53.1. The first-order valence-electron chi connectivity index (χ1n) is 5.53. The van der Waals surface area contributed by atoms with Gasteiger partial charge >= 0.3 is 0 Å². The Morgan fingerprint density at radius 1 is 1.00 bits per heavy atom. The lowest BCUT2D eigenvalue weighted by Crippen LogP contribution is -2.51. The number of halogens is 1. The maximum Gasteiger partial charge on any atom is 0.0520 e. The van der Waals surface area contributed by atoms with E-state index in [0.29, 0.717) is 16.2 Å². The quantitative estimate of drug-likeness (QED) is 0.655. The Morgan fingerprint density at radius 3 is 1.93 bits per heavy atom. The van der Waals surface area contributed by atoms with E-state index in [4.69, 9.17) is 4.74 Å². The summed E-state index contributed by atoms with van der Waals surface area (Å²) in [7, 11) is 0. The van der Waals surface area contributed by atoms with Crippen LogP contribution in [0.15, 0.2) is 0 Å². The summed E-state index contributed by atoms with van der Waals surface area (Å²) in [6.07, 6.45) is 3.96. The Bertz CT molecular complexity index is 218. The molecule has 0 radical (unpaired) electrons. The topological polar surface area (TPSA) is 9.23 Å². The maximum absolute atomic E-state index is 5.77. The molecule has 14 heavy (non-hydrogen) atoms. The van der Waals surface area contributed by atoms with Crippen LogP contribution in [0.1, 0.15) is 40.0 Å². The van der Waals surface area contributed by atoms with Crippen LogP contribution in [-0.4, -0.2) is 18.5 Å². The molecule has 1 saturated carbocycles. The van der Waals surface area contributed by atoms with Gasteiger partial charge in [-0.1, -0.05) is 36.7 Å². The fraction of sp³-hybridized carbons (Fsp3) is 1.00. The molecule has 0 aromatic rings. The van der Waals surface area contributed by atoms with Gasteiger partial charge in [-0.3, -0.25) is 0 Å². The minimum Gasteiger partial charge on any atom is -0.380 e. The summed E-state index contributed by atoms with van der Waals surface area (Å²) in [5, 5.41) is 1.13. The van der Waals surface area contributed by atoms with Gasteiger partial charge in [0.2, 0.25) is 0 Å². The lowest BCUT2D eigenvalue weighted by molar-refractivity contribution is -0.138. The molecule has 0 aromatic carbocycles. The summed E-state index contributed by atoms with van der Waals surface area (Å²) in [5.74, 6) is 0. The zero-order valence-corrected chi connectivity index (χ0v) is 11.1. The van der Waals surface area contributed by atoms with E-state index in [-0.39, 0.29) is 0 Å². The van der Waals surface area contributed by atoms with Crippen LogP contribution in [0.3, 0.4) is 0 Å². The van der Waals surface area contributed by atoms with Crippen LogP contribution in [0.25, 0.3) is 0 Å². The highest BCUT2D eigenvalue weighted by Gasteiger charge is 2.51. The number of rotatable bonds is 1. The Kier molecular flexibility index (Phi) is 2.51. The first-order valence-corrected chi connectivity index (χ1v) is 6.65. The van der Waals surface area contributed by atoms with Crippen LogP contribution in [0.2, 0.25) is 0 Å². The molecule has 3 atom stereocenters. The van der Waals surface area contributed by atoms with E-state index in [1.165, 1.54) is 19.3 Å². The highest BCUT2D eigenvalue weighted by Crippen LogP contribution is 2.57. The van der Waals surface area contributed by atoms with Gasteiger partial charge in [0.15, 0.2) is 0 Å². The molecular weight excluding hydrogens is 240 g/mol. The number of hydrogen-bond donors (Lipinski definition) is 0. The minimum atomic E-state index is 0.424. The second-order valence-electron chi connectivity index (χ2n) is 6.59. The first-order chi connectivity index (χ1) is 6.39. The highest BCUT2D eigenvalue weighted by molar-refractivity contribution is 9.09. The first kappa shape index (κ1) is 10.9. The average molecular weight is 261 g/mol. The molecule has 2 rings (SSSR count). The van der Waals surface area contributed by atoms with E-state index in [9.17, 15) is 0 Å². The molecular formula is C12H21BrO. The van der Waals surface area contributed by atoms with Crippen LogP contribution < -0.4 is 0 Å². The summed E-state index contributed by atoms with van der Waals surface area (Å²) in [5.41, 5.74) is 1.33. The third-order valence-corrected chi connectivity index (χ3v) is 5.14. The molecule has 2 aliphatic rings. The molecule has 0 aromatic heterocycles. The van der Waals surface area contributed by atoms with Gasteiger partial charge in [-0.15, -0.1) is 0 Å². The summed E-state index contributed by atoms with van der Waals surface area (Å²) >= 11 is 3.68. The van der Waals surface area contributed by atoms with Gasteiger partial charge < -0.3 is 4.74 Å². The highest BCUT2D eigenvalue weighted by atomic mass is 79.9. The van der Waals surface area contributed by atoms with Crippen molar-refractivity contribution >= 4 is 15.9 Å². The van der Waals surface area contributed by atoms with Crippen molar-refractivity contribution in [3.05, 3.63) is 0 Å². The second kappa shape index (κ2) is 3.21. The van der Waals surface area contributed by atoms with Crippen molar-refractivity contribution < 1.29 is 4.74 Å². The second-order valence-corrected chi connectivity index (χ2v) is 7.15. The number of alkyl halides is 1. The molecule has 1 saturated heterocycles. The van der Waals surface area contributed by atoms with Crippen molar-refractivity contribution in [3.63, 3.8) is 0 Å². The molecule has 1 nitrogen and oxygen atoms in total. The van der Waals surface area contributed by atoms with Gasteiger partial charge in [-0.05, 0) is 35.5 Å². The Morgan fingerprint density at radius 2 is 1.50 bits per heavy atom. The third kappa shape index (κ3) is 1.88. The Hall–Kier alpha value is 0.440. The lowest BCUT2D eigenvalue weighted by Gasteiger charge is -2.55. The van der Waals surface area contributed by atoms with E-state index in [1.54, 1.807) is 0 Å². The monoisotopic (exact) mass is 260 g/mol. The van der Waals surface area contributed by atoms with Gasteiger partial charge in [0.1, 0.15) is 0 Å². The SMILES string of the molecule is CC1(CBr)C[C@]2(C)COC[C@](C)(C1)C2. The predicted molar refractivity (Wildman–Crippen MR) is 62.8 cm³/mol. The van der Waals surface area contributed by atoms with Gasteiger partial charge in [0, 0.05) is 5.33 Å². The van der Waals surface area contributed by atoms with Gasteiger partial charge in [0.05, 0.1) is 13.2 Å². The zero-order valence-electron chi connectivity index (χ0n) is 9.53. The van der Waals surface area contributed by atoms with Crippen molar-refractivity contribution in [2.75, 3.05) is 18.5 Å². The van der Waals surface area contributed by atoms with E-state index >= 15 is 0 Å². The molecule has 2 heteroatoms. The molecule has 1 aliphatic heterocycles. The van der Waals surface area contributed by atoms with E-state index in [0.717, 1.165) is 18.5 Å². The zero-order chi connectivity index (χ0) is 10.4. The van der Waals surface area contributed by atoms with E-state index in [2.05, 4.69) is 36.7 Å². The third-order valence-electron chi connectivity index (χ3n) is 3.78. The molecule has 2 fully saturated rings. The largest absolute Gasteiger partial charge is 0.380 e. The van der Waals surface area contributed by atoms with Gasteiger partial charge in [0.25, 0.3) is 0 Å². The fourth-order valence-electron chi connectivity index (χ4n) is 4.12. The smallest absolute Gasteiger partial charge is 0.0520 e. The van der Waals surface area contributed by atoms with Crippen molar-refractivity contribution in [2.24, 2.45) is 16.2 Å². The van der Waals surface area contributed by atoms with Crippen LogP contribution >= 0.6 is 15.9 Å². The summed E-state index contributed by atoms with van der Waals surface area (Å²) < 4.78 is 5.77. The Balaban J connectivity index is 2.25. The molecule has 1 unspecified atom stereocenters. The number of hydrogen-bond acceptors (Lipinski definition) is 1. The van der Waals surface area contributed by atoms with Crippen molar-refractivity contribution in [3.8, 4) is 0 Å². The van der Waals surface area contributed by atoms with Crippen LogP contribution in [0.5, 0.6) is 0 Å². The molecule has 2 bridgehead atoms. The molecule has 0 N–H and O–H groups in total. The number of ether oxygens (including phenoxy) is 1. The van der Waals surface area contributed by atoms with Crippen LogP contribution in [-0.2, 0) is 4.74 Å². The average Bonchev–Trinajstić information content (AvgIpc) is 1.99. The minimum absolute atomic E-state index is 0.424. The van der Waals surface area contributed by atoms with Crippen LogP contribution in [0.4, 0.5) is 0 Å². The molecule has 0 spiro atoms. The standard InChI is InChI=1S/C12H21BrO/c1-10(7-13)4-11(2)6-12(3,5-10)9-14-8-11/h4-9H2,1-3H3/t10?,11-,12+. The summed E-state index contributed by atoms with van der Waals surface area (Å²) in [6.45, 7) is 9.13. The predicted octanol–water partition coefficient (Wildman–Crippen LogP) is 3.61. The van der Waals surface area contributed by atoms with Crippen molar-refractivity contribution in [1.29, 1.82) is 0 Å². The summed E-state index contributed by atoms with van der Waals surface area (Å²) in [6, 6.07) is 0.